The number of nitrogens with zero attached hydrogens (tertiary/aromatic N) is 1. The van der Waals surface area contributed by atoms with Crippen molar-refractivity contribution in [1.29, 1.82) is 0 Å². The van der Waals surface area contributed by atoms with Gasteiger partial charge in [-0.1, -0.05) is 0 Å². The molecule has 1 rings (SSSR count). The van der Waals surface area contributed by atoms with Gasteiger partial charge in [-0.15, -0.1) is 0 Å². The average molecular weight is 233 g/mol. The predicted octanol–water partition coefficient (Wildman–Crippen LogP) is 1.95. The van der Waals surface area contributed by atoms with E-state index in [4.69, 9.17) is 4.18 Å². The first kappa shape index (κ1) is 13.1. The van der Waals surface area contributed by atoms with Crippen molar-refractivity contribution < 1.29 is 8.39 Å². The fourth-order valence-electron chi connectivity index (χ4n) is 2.54. The Balaban J connectivity index is 2.79. The van der Waals surface area contributed by atoms with Gasteiger partial charge in [-0.2, -0.15) is 0 Å². The highest BCUT2D eigenvalue weighted by Crippen LogP contribution is 2.38. The third-order valence-electron chi connectivity index (χ3n) is 3.54. The van der Waals surface area contributed by atoms with Gasteiger partial charge in [-0.25, -0.2) is 4.21 Å². The molecule has 0 aromatic heterocycles. The van der Waals surface area contributed by atoms with E-state index in [9.17, 15) is 4.21 Å². The van der Waals surface area contributed by atoms with Gasteiger partial charge in [0, 0.05) is 17.3 Å². The standard InChI is InChI=1S/C11H23NO2S/c1-10(2)7-9(14-15(6)13)8-11(3,4)12(10)5/h9H,7-8H2,1-6H3. The molecule has 0 N–H and O–H groups in total. The zero-order valence-electron chi connectivity index (χ0n) is 10.7. The maximum absolute atomic E-state index is 11.1. The molecule has 1 unspecified atom stereocenters. The molecule has 0 aliphatic carbocycles. The highest BCUT2D eigenvalue weighted by molar-refractivity contribution is 7.79. The quantitative estimate of drug-likeness (QED) is 0.730. The van der Waals surface area contributed by atoms with Gasteiger partial charge in [0.2, 0.25) is 0 Å². The van der Waals surface area contributed by atoms with E-state index in [1.807, 2.05) is 0 Å². The minimum Gasteiger partial charge on any atom is -0.296 e. The van der Waals surface area contributed by atoms with Crippen LogP contribution < -0.4 is 0 Å². The van der Waals surface area contributed by atoms with Crippen molar-refractivity contribution in [2.75, 3.05) is 13.3 Å². The second kappa shape index (κ2) is 4.15. The summed E-state index contributed by atoms with van der Waals surface area (Å²) in [4.78, 5) is 2.39. The maximum atomic E-state index is 11.1. The summed E-state index contributed by atoms with van der Waals surface area (Å²) in [6.07, 6.45) is 3.58. The van der Waals surface area contributed by atoms with E-state index >= 15 is 0 Å². The van der Waals surface area contributed by atoms with Gasteiger partial charge < -0.3 is 0 Å². The molecule has 0 aromatic carbocycles. The van der Waals surface area contributed by atoms with Crippen LogP contribution >= 0.6 is 0 Å². The Labute approximate surface area is 95.8 Å². The Morgan fingerprint density at radius 1 is 1.20 bits per heavy atom. The fourth-order valence-corrected chi connectivity index (χ4v) is 3.06. The Morgan fingerprint density at radius 3 is 1.93 bits per heavy atom. The summed E-state index contributed by atoms with van der Waals surface area (Å²) >= 11 is -1.16. The number of piperidine rings is 1. The maximum Gasteiger partial charge on any atom is 0.152 e. The molecular weight excluding hydrogens is 210 g/mol. The van der Waals surface area contributed by atoms with Crippen LogP contribution in [-0.2, 0) is 15.3 Å². The fraction of sp³-hybridized carbons (Fsp3) is 1.00. The Morgan fingerprint density at radius 2 is 1.60 bits per heavy atom. The van der Waals surface area contributed by atoms with Crippen molar-refractivity contribution in [3.8, 4) is 0 Å². The van der Waals surface area contributed by atoms with Gasteiger partial charge in [-0.3, -0.25) is 9.08 Å². The van der Waals surface area contributed by atoms with Crippen LogP contribution in [0.4, 0.5) is 0 Å². The van der Waals surface area contributed by atoms with Gasteiger partial charge >= 0.3 is 0 Å². The van der Waals surface area contributed by atoms with Crippen molar-refractivity contribution in [3.63, 3.8) is 0 Å². The lowest BCUT2D eigenvalue weighted by Crippen LogP contribution is -2.60. The van der Waals surface area contributed by atoms with Crippen LogP contribution in [0.25, 0.3) is 0 Å². The second-order valence-electron chi connectivity index (χ2n) is 5.71. The van der Waals surface area contributed by atoms with Crippen molar-refractivity contribution in [2.24, 2.45) is 0 Å². The molecule has 1 saturated heterocycles. The lowest BCUT2D eigenvalue weighted by molar-refractivity contribution is -0.0520. The molecule has 0 saturated carbocycles. The van der Waals surface area contributed by atoms with Crippen molar-refractivity contribution in [1.82, 2.24) is 4.90 Å². The highest BCUT2D eigenvalue weighted by Gasteiger charge is 2.43. The molecule has 0 amide bonds. The van der Waals surface area contributed by atoms with E-state index in [-0.39, 0.29) is 17.2 Å². The molecular formula is C11H23NO2S. The van der Waals surface area contributed by atoms with Crippen LogP contribution in [0, 0.1) is 0 Å². The van der Waals surface area contributed by atoms with Crippen LogP contribution in [0.15, 0.2) is 0 Å². The monoisotopic (exact) mass is 233 g/mol. The molecule has 15 heavy (non-hydrogen) atoms. The first-order chi connectivity index (χ1) is 6.65. The number of rotatable bonds is 2. The molecule has 1 aliphatic heterocycles. The van der Waals surface area contributed by atoms with Crippen LogP contribution in [0.5, 0.6) is 0 Å². The Kier molecular flexibility index (Phi) is 3.63. The van der Waals surface area contributed by atoms with E-state index in [1.165, 1.54) is 0 Å². The summed E-state index contributed by atoms with van der Waals surface area (Å²) in [5.41, 5.74) is 0.206. The summed E-state index contributed by atoms with van der Waals surface area (Å²) in [5, 5.41) is 0. The van der Waals surface area contributed by atoms with Crippen LogP contribution in [0.1, 0.15) is 40.5 Å². The number of hydrogen-bond acceptors (Lipinski definition) is 3. The van der Waals surface area contributed by atoms with Gasteiger partial charge in [0.1, 0.15) is 0 Å². The van der Waals surface area contributed by atoms with Crippen LogP contribution in [0.3, 0.4) is 0 Å². The summed E-state index contributed by atoms with van der Waals surface area (Å²) < 4.78 is 16.5. The zero-order valence-corrected chi connectivity index (χ0v) is 11.5. The van der Waals surface area contributed by atoms with E-state index in [2.05, 4.69) is 39.6 Å². The lowest BCUT2D eigenvalue weighted by Gasteiger charge is -2.53. The minimum absolute atomic E-state index is 0.103. The van der Waals surface area contributed by atoms with Crippen LogP contribution in [-0.4, -0.2) is 39.6 Å². The van der Waals surface area contributed by atoms with E-state index in [0.29, 0.717) is 0 Å². The lowest BCUT2D eigenvalue weighted by atomic mass is 9.79. The highest BCUT2D eigenvalue weighted by atomic mass is 32.2. The van der Waals surface area contributed by atoms with E-state index in [0.717, 1.165) is 12.8 Å². The molecule has 1 heterocycles. The molecule has 0 radical (unpaired) electrons. The summed E-state index contributed by atoms with van der Waals surface area (Å²) in [5.74, 6) is 0. The SMILES string of the molecule is CN1C(C)(C)CC(OS(C)=O)CC1(C)C. The Hall–Kier alpha value is 0.0700. The molecule has 1 fully saturated rings. The number of hydrogen-bond donors (Lipinski definition) is 0. The largest absolute Gasteiger partial charge is 0.296 e. The molecule has 0 spiro atoms. The van der Waals surface area contributed by atoms with Crippen molar-refractivity contribution in [3.05, 3.63) is 0 Å². The summed E-state index contributed by atoms with van der Waals surface area (Å²) in [7, 11) is 2.15. The zero-order chi connectivity index (χ0) is 11.9. The van der Waals surface area contributed by atoms with Crippen molar-refractivity contribution >= 4 is 11.1 Å². The van der Waals surface area contributed by atoms with Crippen molar-refractivity contribution in [2.45, 2.75) is 57.7 Å². The summed E-state index contributed by atoms with van der Waals surface area (Å²) in [6, 6.07) is 0. The molecule has 1 aliphatic rings. The predicted molar refractivity (Wildman–Crippen MR) is 64.1 cm³/mol. The average Bonchev–Trinajstić information content (AvgIpc) is 1.97. The first-order valence-corrected chi connectivity index (χ1v) is 6.88. The van der Waals surface area contributed by atoms with Gasteiger partial charge in [-0.05, 0) is 47.6 Å². The van der Waals surface area contributed by atoms with E-state index in [1.54, 1.807) is 6.26 Å². The number of likely N-dealkylation sites (tertiary alicyclic amines) is 1. The molecule has 3 nitrogen and oxygen atoms in total. The Bertz CT molecular complexity index is 245. The molecule has 1 atom stereocenters. The molecule has 0 aromatic rings. The van der Waals surface area contributed by atoms with Gasteiger partial charge in [0.15, 0.2) is 11.1 Å². The third-order valence-corrected chi connectivity index (χ3v) is 4.09. The first-order valence-electron chi connectivity index (χ1n) is 5.40. The molecule has 90 valence electrons. The minimum atomic E-state index is -1.16. The van der Waals surface area contributed by atoms with E-state index < -0.39 is 11.1 Å². The topological polar surface area (TPSA) is 29.5 Å². The molecule has 4 heteroatoms. The third kappa shape index (κ3) is 3.02. The smallest absolute Gasteiger partial charge is 0.152 e. The van der Waals surface area contributed by atoms with Crippen LogP contribution in [0.2, 0.25) is 0 Å². The summed E-state index contributed by atoms with van der Waals surface area (Å²) in [6.45, 7) is 8.84. The molecule has 0 bridgehead atoms. The second-order valence-corrected chi connectivity index (χ2v) is 6.71. The van der Waals surface area contributed by atoms with Gasteiger partial charge in [0.05, 0.1) is 6.10 Å². The normalized spacial score (nSPS) is 28.9. The van der Waals surface area contributed by atoms with Gasteiger partial charge in [0.25, 0.3) is 0 Å².